The molecule has 2 heteroatoms. The summed E-state index contributed by atoms with van der Waals surface area (Å²) in [5.74, 6) is 0. The van der Waals surface area contributed by atoms with Gasteiger partial charge in [-0.3, -0.25) is 0 Å². The van der Waals surface area contributed by atoms with Gasteiger partial charge in [0.2, 0.25) is 0 Å². The zero-order valence-electron chi connectivity index (χ0n) is 8.83. The van der Waals surface area contributed by atoms with Crippen LogP contribution in [0.15, 0.2) is 48.6 Å². The van der Waals surface area contributed by atoms with Gasteiger partial charge in [-0.1, -0.05) is 37.0 Å². The van der Waals surface area contributed by atoms with Crippen LogP contribution in [0.5, 0.6) is 0 Å². The van der Waals surface area contributed by atoms with Crippen LogP contribution in [-0.2, 0) is 0 Å². The van der Waals surface area contributed by atoms with E-state index in [1.807, 2.05) is 25.3 Å². The summed E-state index contributed by atoms with van der Waals surface area (Å²) in [7, 11) is 1.91. The molecular weight excluding hydrogens is 172 g/mol. The molecule has 2 N–H and O–H groups in total. The maximum atomic E-state index is 6.90. The second kappa shape index (κ2) is 8.20. The van der Waals surface area contributed by atoms with Crippen molar-refractivity contribution in [2.75, 3.05) is 7.05 Å². The SMILES string of the molecule is C=C\C=C/C(/C=C\C=N)=C\C(C)NC. The Hall–Kier alpha value is -1.41. The van der Waals surface area contributed by atoms with Crippen molar-refractivity contribution >= 4 is 6.21 Å². The Morgan fingerprint density at radius 2 is 2.00 bits per heavy atom. The fourth-order valence-electron chi connectivity index (χ4n) is 0.877. The molecule has 0 amide bonds. The molecule has 0 fully saturated rings. The highest BCUT2D eigenvalue weighted by Gasteiger charge is 1.92. The van der Waals surface area contributed by atoms with Crippen LogP contribution in [0.1, 0.15) is 6.92 Å². The molecule has 0 aliphatic heterocycles. The third kappa shape index (κ3) is 6.14. The maximum Gasteiger partial charge on any atom is 0.0227 e. The fraction of sp³-hybridized carbons (Fsp3) is 0.250. The minimum atomic E-state index is 0.315. The Bertz CT molecular complexity index is 239. The summed E-state index contributed by atoms with van der Waals surface area (Å²) in [5, 5.41) is 10.0. The van der Waals surface area contributed by atoms with Crippen molar-refractivity contribution < 1.29 is 0 Å². The van der Waals surface area contributed by atoms with E-state index < -0.39 is 0 Å². The van der Waals surface area contributed by atoms with E-state index in [0.717, 1.165) is 5.57 Å². The largest absolute Gasteiger partial charge is 0.314 e. The minimum Gasteiger partial charge on any atom is -0.314 e. The molecule has 0 aromatic heterocycles. The van der Waals surface area contributed by atoms with Crippen molar-refractivity contribution in [2.24, 2.45) is 0 Å². The van der Waals surface area contributed by atoms with E-state index in [-0.39, 0.29) is 0 Å². The van der Waals surface area contributed by atoms with Gasteiger partial charge in [-0.05, 0) is 25.6 Å². The molecule has 1 unspecified atom stereocenters. The Morgan fingerprint density at radius 1 is 1.36 bits per heavy atom. The summed E-state index contributed by atoms with van der Waals surface area (Å²) in [5.41, 5.74) is 1.07. The summed E-state index contributed by atoms with van der Waals surface area (Å²) in [6.07, 6.45) is 12.5. The molecule has 14 heavy (non-hydrogen) atoms. The number of allylic oxidation sites excluding steroid dienone is 6. The molecule has 1 atom stereocenters. The predicted octanol–water partition coefficient (Wildman–Crippen LogP) is 2.47. The third-order valence-electron chi connectivity index (χ3n) is 1.71. The average molecular weight is 190 g/mol. The molecule has 0 saturated carbocycles. The molecule has 0 saturated heterocycles. The highest BCUT2D eigenvalue weighted by molar-refractivity contribution is 5.69. The molecule has 0 heterocycles. The number of hydrogen-bond acceptors (Lipinski definition) is 2. The van der Waals surface area contributed by atoms with Gasteiger partial charge in [0.1, 0.15) is 0 Å². The van der Waals surface area contributed by atoms with Crippen LogP contribution in [0, 0.1) is 5.41 Å². The topological polar surface area (TPSA) is 35.9 Å². The quantitative estimate of drug-likeness (QED) is 0.490. The molecule has 0 aromatic rings. The number of nitrogens with one attached hydrogen (secondary N) is 2. The summed E-state index contributed by atoms with van der Waals surface area (Å²) >= 11 is 0. The van der Waals surface area contributed by atoms with Crippen LogP contribution < -0.4 is 5.32 Å². The zero-order chi connectivity index (χ0) is 10.8. The third-order valence-corrected chi connectivity index (χ3v) is 1.71. The Morgan fingerprint density at radius 3 is 2.50 bits per heavy atom. The van der Waals surface area contributed by atoms with Gasteiger partial charge in [0.25, 0.3) is 0 Å². The molecule has 2 nitrogen and oxygen atoms in total. The Balaban J connectivity index is 4.60. The standard InChI is InChI=1S/C12H18N2/c1-4-5-7-12(8-6-9-13)10-11(2)14-3/h4-11,13-14H,1H2,2-3H3/b7-5-,8-6-,12-10+,13-9?. The summed E-state index contributed by atoms with van der Waals surface area (Å²) in [6, 6.07) is 0.315. The monoisotopic (exact) mass is 190 g/mol. The second-order valence-corrected chi connectivity index (χ2v) is 2.86. The van der Waals surface area contributed by atoms with Gasteiger partial charge in [-0.2, -0.15) is 0 Å². The lowest BCUT2D eigenvalue weighted by molar-refractivity contribution is 0.727. The highest BCUT2D eigenvalue weighted by atomic mass is 14.8. The molecule has 0 bridgehead atoms. The van der Waals surface area contributed by atoms with Crippen molar-refractivity contribution in [1.29, 1.82) is 5.41 Å². The first-order valence-corrected chi connectivity index (χ1v) is 4.60. The van der Waals surface area contributed by atoms with Crippen molar-refractivity contribution in [2.45, 2.75) is 13.0 Å². The fourth-order valence-corrected chi connectivity index (χ4v) is 0.877. The predicted molar refractivity (Wildman–Crippen MR) is 63.9 cm³/mol. The van der Waals surface area contributed by atoms with Gasteiger partial charge in [-0.15, -0.1) is 0 Å². The molecule has 0 aromatic carbocycles. The first-order valence-electron chi connectivity index (χ1n) is 4.60. The highest BCUT2D eigenvalue weighted by Crippen LogP contribution is 2.01. The van der Waals surface area contributed by atoms with Gasteiger partial charge in [-0.25, -0.2) is 0 Å². The summed E-state index contributed by atoms with van der Waals surface area (Å²) in [6.45, 7) is 5.68. The molecule has 0 rings (SSSR count). The minimum absolute atomic E-state index is 0.315. The Labute approximate surface area is 86.2 Å². The van der Waals surface area contributed by atoms with Gasteiger partial charge in [0, 0.05) is 12.3 Å². The molecule has 0 radical (unpaired) electrons. The van der Waals surface area contributed by atoms with Crippen LogP contribution in [0.25, 0.3) is 0 Å². The molecular formula is C12H18N2. The van der Waals surface area contributed by atoms with Crippen molar-refractivity contribution in [1.82, 2.24) is 5.32 Å². The molecule has 0 spiro atoms. The van der Waals surface area contributed by atoms with Gasteiger partial charge in [0.05, 0.1) is 0 Å². The van der Waals surface area contributed by atoms with Crippen LogP contribution >= 0.6 is 0 Å². The van der Waals surface area contributed by atoms with Crippen LogP contribution in [0.2, 0.25) is 0 Å². The van der Waals surface area contributed by atoms with E-state index in [1.54, 1.807) is 12.2 Å². The molecule has 0 aliphatic carbocycles. The van der Waals surface area contributed by atoms with E-state index in [0.29, 0.717) is 6.04 Å². The maximum absolute atomic E-state index is 6.90. The second-order valence-electron chi connectivity index (χ2n) is 2.86. The zero-order valence-corrected chi connectivity index (χ0v) is 8.83. The smallest absolute Gasteiger partial charge is 0.0227 e. The Kier molecular flexibility index (Phi) is 7.37. The number of hydrogen-bond donors (Lipinski definition) is 2. The van der Waals surface area contributed by atoms with Crippen LogP contribution in [0.4, 0.5) is 0 Å². The normalized spacial score (nSPS) is 14.9. The van der Waals surface area contributed by atoms with Crippen molar-refractivity contribution in [3.05, 3.63) is 48.6 Å². The van der Waals surface area contributed by atoms with Crippen molar-refractivity contribution in [3.8, 4) is 0 Å². The van der Waals surface area contributed by atoms with Crippen LogP contribution in [-0.4, -0.2) is 19.3 Å². The van der Waals surface area contributed by atoms with E-state index >= 15 is 0 Å². The molecule has 0 aliphatic rings. The number of rotatable bonds is 6. The number of likely N-dealkylation sites (N-methyl/N-ethyl adjacent to an activating group) is 1. The first-order chi connectivity index (χ1) is 6.74. The van der Waals surface area contributed by atoms with E-state index in [4.69, 9.17) is 5.41 Å². The lowest BCUT2D eigenvalue weighted by Crippen LogP contribution is -2.18. The van der Waals surface area contributed by atoms with Crippen LogP contribution in [0.3, 0.4) is 0 Å². The lowest BCUT2D eigenvalue weighted by Gasteiger charge is -2.04. The van der Waals surface area contributed by atoms with E-state index in [1.165, 1.54) is 6.21 Å². The van der Waals surface area contributed by atoms with E-state index in [9.17, 15) is 0 Å². The first kappa shape index (κ1) is 12.6. The summed E-state index contributed by atoms with van der Waals surface area (Å²) < 4.78 is 0. The molecule has 76 valence electrons. The van der Waals surface area contributed by atoms with Gasteiger partial charge < -0.3 is 10.7 Å². The summed E-state index contributed by atoms with van der Waals surface area (Å²) in [4.78, 5) is 0. The van der Waals surface area contributed by atoms with Gasteiger partial charge >= 0.3 is 0 Å². The van der Waals surface area contributed by atoms with Crippen molar-refractivity contribution in [3.63, 3.8) is 0 Å². The average Bonchev–Trinajstić information content (AvgIpc) is 2.21. The van der Waals surface area contributed by atoms with E-state index in [2.05, 4.69) is 24.9 Å². The van der Waals surface area contributed by atoms with Gasteiger partial charge in [0.15, 0.2) is 0 Å². The lowest BCUT2D eigenvalue weighted by atomic mass is 10.1.